The Kier molecular flexibility index (Phi) is 4.43. The van der Waals surface area contributed by atoms with Gasteiger partial charge in [0, 0.05) is 18.7 Å². The standard InChI is InChI=1S/C17H23NO/c1-4-13(2)11-18(3)12-16-15-8-6-5-7-14(15)9-10-17(16)19/h5-10,13,19H,4,11-12H2,1-3H3. The van der Waals surface area contributed by atoms with Crippen LogP contribution in [0.4, 0.5) is 0 Å². The first kappa shape index (κ1) is 13.9. The molecule has 0 amide bonds. The summed E-state index contributed by atoms with van der Waals surface area (Å²) in [6.45, 7) is 6.32. The van der Waals surface area contributed by atoms with Gasteiger partial charge in [-0.05, 0) is 29.8 Å². The predicted octanol–water partition coefficient (Wildman–Crippen LogP) is 4.02. The number of nitrogens with zero attached hydrogens (tertiary/aromatic N) is 1. The molecule has 0 saturated carbocycles. The van der Waals surface area contributed by atoms with E-state index in [-0.39, 0.29) is 0 Å². The molecular formula is C17H23NO. The number of benzene rings is 2. The van der Waals surface area contributed by atoms with Gasteiger partial charge in [-0.15, -0.1) is 0 Å². The second-order valence-corrected chi connectivity index (χ2v) is 5.49. The van der Waals surface area contributed by atoms with Crippen molar-refractivity contribution in [2.75, 3.05) is 13.6 Å². The molecule has 0 heterocycles. The van der Waals surface area contributed by atoms with Crippen molar-refractivity contribution in [1.29, 1.82) is 0 Å². The SMILES string of the molecule is CCC(C)CN(C)Cc1c(O)ccc2ccccc12. The lowest BCUT2D eigenvalue weighted by Gasteiger charge is -2.21. The average Bonchev–Trinajstić information content (AvgIpc) is 2.42. The van der Waals surface area contributed by atoms with Crippen LogP contribution < -0.4 is 0 Å². The van der Waals surface area contributed by atoms with Crippen molar-refractivity contribution >= 4 is 10.8 Å². The Hall–Kier alpha value is -1.54. The summed E-state index contributed by atoms with van der Waals surface area (Å²) in [5.41, 5.74) is 1.03. The summed E-state index contributed by atoms with van der Waals surface area (Å²) >= 11 is 0. The number of phenolic OH excluding ortho intramolecular Hbond substituents is 1. The molecule has 2 rings (SSSR count). The molecule has 1 N–H and O–H groups in total. The highest BCUT2D eigenvalue weighted by molar-refractivity contribution is 5.87. The van der Waals surface area contributed by atoms with Gasteiger partial charge >= 0.3 is 0 Å². The molecule has 0 saturated heterocycles. The van der Waals surface area contributed by atoms with E-state index in [0.29, 0.717) is 11.7 Å². The van der Waals surface area contributed by atoms with Crippen molar-refractivity contribution in [2.45, 2.75) is 26.8 Å². The highest BCUT2D eigenvalue weighted by Gasteiger charge is 2.11. The second kappa shape index (κ2) is 6.07. The Labute approximate surface area is 115 Å². The third-order valence-corrected chi connectivity index (χ3v) is 3.76. The van der Waals surface area contributed by atoms with Crippen molar-refractivity contribution in [3.05, 3.63) is 42.0 Å². The molecule has 2 aromatic rings. The normalized spacial score (nSPS) is 13.1. The first-order chi connectivity index (χ1) is 9.11. The Morgan fingerprint density at radius 3 is 2.63 bits per heavy atom. The fourth-order valence-corrected chi connectivity index (χ4v) is 2.49. The summed E-state index contributed by atoms with van der Waals surface area (Å²) in [5.74, 6) is 1.08. The van der Waals surface area contributed by atoms with E-state index in [1.54, 1.807) is 6.07 Å². The van der Waals surface area contributed by atoms with Gasteiger partial charge in [0.1, 0.15) is 5.75 Å². The zero-order valence-electron chi connectivity index (χ0n) is 12.1. The summed E-state index contributed by atoms with van der Waals surface area (Å²) in [5, 5.41) is 12.5. The highest BCUT2D eigenvalue weighted by Crippen LogP contribution is 2.28. The summed E-state index contributed by atoms with van der Waals surface area (Å²) in [6, 6.07) is 12.0. The third kappa shape index (κ3) is 3.27. The molecule has 0 spiro atoms. The van der Waals surface area contributed by atoms with E-state index in [0.717, 1.165) is 24.0 Å². The summed E-state index contributed by atoms with van der Waals surface area (Å²) in [7, 11) is 2.12. The molecule has 102 valence electrons. The van der Waals surface area contributed by atoms with Gasteiger partial charge in [0.05, 0.1) is 0 Å². The molecule has 19 heavy (non-hydrogen) atoms. The average molecular weight is 257 g/mol. The molecule has 2 nitrogen and oxygen atoms in total. The van der Waals surface area contributed by atoms with Gasteiger partial charge in [-0.1, -0.05) is 50.6 Å². The molecule has 0 aromatic heterocycles. The molecule has 0 aliphatic rings. The smallest absolute Gasteiger partial charge is 0.120 e. The highest BCUT2D eigenvalue weighted by atomic mass is 16.3. The van der Waals surface area contributed by atoms with Crippen LogP contribution in [0.2, 0.25) is 0 Å². The minimum Gasteiger partial charge on any atom is -0.508 e. The van der Waals surface area contributed by atoms with E-state index in [2.05, 4.69) is 37.9 Å². The van der Waals surface area contributed by atoms with Gasteiger partial charge in [0.15, 0.2) is 0 Å². The molecule has 2 heteroatoms. The van der Waals surface area contributed by atoms with Crippen molar-refractivity contribution in [3.63, 3.8) is 0 Å². The second-order valence-electron chi connectivity index (χ2n) is 5.49. The number of rotatable bonds is 5. The van der Waals surface area contributed by atoms with Crippen LogP contribution in [0.5, 0.6) is 5.75 Å². The Morgan fingerprint density at radius 2 is 1.89 bits per heavy atom. The quantitative estimate of drug-likeness (QED) is 0.874. The number of phenols is 1. The summed E-state index contributed by atoms with van der Waals surface area (Å²) in [6.07, 6.45) is 1.19. The lowest BCUT2D eigenvalue weighted by atomic mass is 10.0. The maximum Gasteiger partial charge on any atom is 0.120 e. The van der Waals surface area contributed by atoms with Gasteiger partial charge in [-0.25, -0.2) is 0 Å². The Bertz CT molecular complexity index is 550. The van der Waals surface area contributed by atoms with Gasteiger partial charge in [0.2, 0.25) is 0 Å². The molecule has 0 aliphatic carbocycles. The fraction of sp³-hybridized carbons (Fsp3) is 0.412. The number of fused-ring (bicyclic) bond motifs is 1. The largest absolute Gasteiger partial charge is 0.508 e. The van der Waals surface area contributed by atoms with E-state index < -0.39 is 0 Å². The van der Waals surface area contributed by atoms with Crippen molar-refractivity contribution in [2.24, 2.45) is 5.92 Å². The minimum absolute atomic E-state index is 0.398. The van der Waals surface area contributed by atoms with E-state index >= 15 is 0 Å². The topological polar surface area (TPSA) is 23.5 Å². The molecule has 0 fully saturated rings. The van der Waals surface area contributed by atoms with E-state index in [9.17, 15) is 5.11 Å². The molecule has 2 aromatic carbocycles. The van der Waals surface area contributed by atoms with Crippen LogP contribution in [0.3, 0.4) is 0 Å². The molecule has 0 bridgehead atoms. The first-order valence-corrected chi connectivity index (χ1v) is 7.00. The monoisotopic (exact) mass is 257 g/mol. The van der Waals surface area contributed by atoms with Crippen LogP contribution >= 0.6 is 0 Å². The molecule has 1 atom stereocenters. The number of hydrogen-bond acceptors (Lipinski definition) is 2. The van der Waals surface area contributed by atoms with Crippen LogP contribution in [0.25, 0.3) is 10.8 Å². The summed E-state index contributed by atoms with van der Waals surface area (Å²) < 4.78 is 0. The predicted molar refractivity (Wildman–Crippen MR) is 81.4 cm³/mol. The molecule has 0 aliphatic heterocycles. The maximum absolute atomic E-state index is 10.1. The van der Waals surface area contributed by atoms with Gasteiger partial charge in [0.25, 0.3) is 0 Å². The number of hydrogen-bond donors (Lipinski definition) is 1. The number of aromatic hydroxyl groups is 1. The first-order valence-electron chi connectivity index (χ1n) is 7.00. The summed E-state index contributed by atoms with van der Waals surface area (Å²) in [4.78, 5) is 2.29. The fourth-order valence-electron chi connectivity index (χ4n) is 2.49. The van der Waals surface area contributed by atoms with Crippen LogP contribution in [0.15, 0.2) is 36.4 Å². The van der Waals surface area contributed by atoms with Crippen LogP contribution in [0.1, 0.15) is 25.8 Å². The van der Waals surface area contributed by atoms with E-state index in [1.807, 2.05) is 18.2 Å². The third-order valence-electron chi connectivity index (χ3n) is 3.76. The van der Waals surface area contributed by atoms with Crippen LogP contribution in [0, 0.1) is 5.92 Å². The van der Waals surface area contributed by atoms with Crippen LogP contribution in [-0.4, -0.2) is 23.6 Å². The van der Waals surface area contributed by atoms with E-state index in [1.165, 1.54) is 11.8 Å². The molecule has 0 radical (unpaired) electrons. The minimum atomic E-state index is 0.398. The Morgan fingerprint density at radius 1 is 1.16 bits per heavy atom. The molecular weight excluding hydrogens is 234 g/mol. The zero-order valence-corrected chi connectivity index (χ0v) is 12.1. The van der Waals surface area contributed by atoms with Gasteiger partial charge in [-0.2, -0.15) is 0 Å². The van der Waals surface area contributed by atoms with Crippen molar-refractivity contribution < 1.29 is 5.11 Å². The lowest BCUT2D eigenvalue weighted by molar-refractivity contribution is 0.272. The maximum atomic E-state index is 10.1. The van der Waals surface area contributed by atoms with Crippen LogP contribution in [-0.2, 0) is 6.54 Å². The Balaban J connectivity index is 2.26. The lowest BCUT2D eigenvalue weighted by Crippen LogP contribution is -2.23. The zero-order chi connectivity index (χ0) is 13.8. The van der Waals surface area contributed by atoms with Gasteiger partial charge in [-0.3, -0.25) is 0 Å². The van der Waals surface area contributed by atoms with E-state index in [4.69, 9.17) is 0 Å². The van der Waals surface area contributed by atoms with Crippen molar-refractivity contribution in [1.82, 2.24) is 4.90 Å². The van der Waals surface area contributed by atoms with Gasteiger partial charge < -0.3 is 10.0 Å². The van der Waals surface area contributed by atoms with Crippen molar-refractivity contribution in [3.8, 4) is 5.75 Å². The molecule has 1 unspecified atom stereocenters.